The molecule has 1 saturated carbocycles. The third-order valence-electron chi connectivity index (χ3n) is 3.46. The smallest absolute Gasteiger partial charge is 0.307 e. The van der Waals surface area contributed by atoms with Crippen LogP contribution < -0.4 is 10.2 Å². The van der Waals surface area contributed by atoms with Crippen molar-refractivity contribution in [3.63, 3.8) is 0 Å². The predicted molar refractivity (Wildman–Crippen MR) is 66.7 cm³/mol. The number of hydrogen-bond acceptors (Lipinski definition) is 3. The molecule has 2 atom stereocenters. The Morgan fingerprint density at radius 1 is 1.26 bits per heavy atom. The van der Waals surface area contributed by atoms with Crippen LogP contribution >= 0.6 is 0 Å². The number of carboxylic acid groups (broad SMARTS) is 1. The van der Waals surface area contributed by atoms with Gasteiger partial charge >= 0.3 is 5.97 Å². The molecule has 6 nitrogen and oxygen atoms in total. The minimum absolute atomic E-state index is 0.0569. The normalized spacial score (nSPS) is 24.4. The minimum atomic E-state index is -0.951. The van der Waals surface area contributed by atoms with Gasteiger partial charge in [0.05, 0.1) is 23.2 Å². The van der Waals surface area contributed by atoms with Gasteiger partial charge in [-0.05, 0) is 18.6 Å². The summed E-state index contributed by atoms with van der Waals surface area (Å²) in [6.07, 6.45) is 0.356. The number of hydrogen-bond donors (Lipinski definition) is 2. The molecule has 0 unspecified atom stereocenters. The van der Waals surface area contributed by atoms with Crippen LogP contribution in [0.3, 0.4) is 0 Å². The van der Waals surface area contributed by atoms with Crippen molar-refractivity contribution in [3.8, 4) is 0 Å². The van der Waals surface area contributed by atoms with Crippen molar-refractivity contribution in [2.45, 2.75) is 6.42 Å². The maximum atomic E-state index is 12.3. The number of fused-ring (bicyclic) bond motifs is 1. The first-order chi connectivity index (χ1) is 9.08. The van der Waals surface area contributed by atoms with Gasteiger partial charge in [-0.1, -0.05) is 12.1 Å². The van der Waals surface area contributed by atoms with E-state index in [1.807, 2.05) is 0 Å². The van der Waals surface area contributed by atoms with Gasteiger partial charge in [-0.3, -0.25) is 14.4 Å². The lowest BCUT2D eigenvalue weighted by atomic mass is 10.1. The molecule has 1 aromatic carbocycles. The van der Waals surface area contributed by atoms with Crippen molar-refractivity contribution in [2.75, 3.05) is 16.8 Å². The first-order valence-corrected chi connectivity index (χ1v) is 6.01. The van der Waals surface area contributed by atoms with E-state index in [0.29, 0.717) is 17.8 Å². The number of nitrogens with one attached hydrogen (secondary N) is 1. The number of nitrogens with zero attached hydrogens (tertiary/aromatic N) is 1. The summed E-state index contributed by atoms with van der Waals surface area (Å²) in [5.41, 5.74) is 1.21. The first kappa shape index (κ1) is 11.7. The summed E-state index contributed by atoms with van der Waals surface area (Å²) < 4.78 is 0. The molecule has 2 N–H and O–H groups in total. The number of anilines is 2. The first-order valence-electron chi connectivity index (χ1n) is 6.01. The molecule has 1 heterocycles. The second-order valence-corrected chi connectivity index (χ2v) is 4.78. The van der Waals surface area contributed by atoms with Gasteiger partial charge in [-0.2, -0.15) is 0 Å². The van der Waals surface area contributed by atoms with Gasteiger partial charge < -0.3 is 15.3 Å². The average Bonchev–Trinajstić information content (AvgIpc) is 3.17. The number of para-hydroxylation sites is 2. The second-order valence-electron chi connectivity index (χ2n) is 4.78. The van der Waals surface area contributed by atoms with Crippen LogP contribution in [-0.2, 0) is 14.4 Å². The molecular formula is C13H12N2O4. The van der Waals surface area contributed by atoms with Crippen LogP contribution in [-0.4, -0.2) is 29.4 Å². The highest BCUT2D eigenvalue weighted by atomic mass is 16.4. The number of carbonyl (C=O) groups excluding carboxylic acids is 2. The summed E-state index contributed by atoms with van der Waals surface area (Å²) in [5, 5.41) is 11.6. The Bertz CT molecular complexity index is 584. The number of aliphatic carboxylic acids is 1. The van der Waals surface area contributed by atoms with E-state index < -0.39 is 17.8 Å². The lowest BCUT2D eigenvalue weighted by molar-refractivity contribution is -0.140. The Labute approximate surface area is 109 Å². The second kappa shape index (κ2) is 4.08. The molecule has 1 fully saturated rings. The maximum absolute atomic E-state index is 12.3. The number of rotatable bonds is 2. The quantitative estimate of drug-likeness (QED) is 0.819. The maximum Gasteiger partial charge on any atom is 0.307 e. The highest BCUT2D eigenvalue weighted by molar-refractivity contribution is 6.11. The van der Waals surface area contributed by atoms with E-state index in [-0.39, 0.29) is 18.4 Å². The van der Waals surface area contributed by atoms with Gasteiger partial charge in [0, 0.05) is 0 Å². The third-order valence-corrected chi connectivity index (χ3v) is 3.46. The predicted octanol–water partition coefficient (Wildman–Crippen LogP) is 0.692. The van der Waals surface area contributed by atoms with E-state index >= 15 is 0 Å². The van der Waals surface area contributed by atoms with Crippen molar-refractivity contribution >= 4 is 29.2 Å². The van der Waals surface area contributed by atoms with E-state index in [4.69, 9.17) is 5.11 Å². The largest absolute Gasteiger partial charge is 0.481 e. The number of carbonyl (C=O) groups is 3. The molecule has 1 aromatic rings. The highest BCUT2D eigenvalue weighted by Gasteiger charge is 2.50. The number of carboxylic acids is 1. The standard InChI is InChI=1S/C13H12N2O4/c16-11-6-15(10-4-2-1-3-9(10)14-11)12(17)7-5-8(7)13(18)19/h1-4,7-8H,5-6H2,(H,14,16)(H,18,19)/t7-,8+/m1/s1. The fourth-order valence-electron chi connectivity index (χ4n) is 2.37. The lowest BCUT2D eigenvalue weighted by Gasteiger charge is -2.29. The highest BCUT2D eigenvalue weighted by Crippen LogP contribution is 2.42. The van der Waals surface area contributed by atoms with Crippen LogP contribution in [0.4, 0.5) is 11.4 Å². The van der Waals surface area contributed by atoms with Gasteiger partial charge in [0.25, 0.3) is 0 Å². The van der Waals surface area contributed by atoms with Crippen LogP contribution in [0.2, 0.25) is 0 Å². The average molecular weight is 260 g/mol. The number of benzene rings is 1. The Kier molecular flexibility index (Phi) is 2.51. The summed E-state index contributed by atoms with van der Waals surface area (Å²) in [7, 11) is 0. The zero-order chi connectivity index (χ0) is 13.6. The molecule has 0 bridgehead atoms. The molecule has 1 aliphatic carbocycles. The van der Waals surface area contributed by atoms with Crippen molar-refractivity contribution in [2.24, 2.45) is 11.8 Å². The van der Waals surface area contributed by atoms with Crippen LogP contribution in [0.15, 0.2) is 24.3 Å². The van der Waals surface area contributed by atoms with Gasteiger partial charge in [-0.25, -0.2) is 0 Å². The summed E-state index contributed by atoms with van der Waals surface area (Å²) in [6, 6.07) is 7.00. The van der Waals surface area contributed by atoms with E-state index in [0.717, 1.165) is 0 Å². The fraction of sp³-hybridized carbons (Fsp3) is 0.308. The van der Waals surface area contributed by atoms with Crippen LogP contribution in [0, 0.1) is 11.8 Å². The van der Waals surface area contributed by atoms with Gasteiger partial charge in [0.1, 0.15) is 6.54 Å². The zero-order valence-electron chi connectivity index (χ0n) is 10.00. The molecule has 19 heavy (non-hydrogen) atoms. The molecule has 98 valence electrons. The summed E-state index contributed by atoms with van der Waals surface area (Å²) in [6.45, 7) is -0.0569. The van der Waals surface area contributed by atoms with Crippen molar-refractivity contribution < 1.29 is 19.5 Å². The Morgan fingerprint density at radius 3 is 2.68 bits per heavy atom. The van der Waals surface area contributed by atoms with E-state index in [2.05, 4.69) is 5.32 Å². The molecule has 6 heteroatoms. The molecule has 2 aliphatic rings. The number of amides is 2. The Balaban J connectivity index is 1.87. The van der Waals surface area contributed by atoms with Gasteiger partial charge in [0.2, 0.25) is 11.8 Å². The molecule has 0 saturated heterocycles. The van der Waals surface area contributed by atoms with Crippen molar-refractivity contribution in [1.82, 2.24) is 0 Å². The minimum Gasteiger partial charge on any atom is -0.481 e. The topological polar surface area (TPSA) is 86.7 Å². The fourth-order valence-corrected chi connectivity index (χ4v) is 2.37. The summed E-state index contributed by atoms with van der Waals surface area (Å²) >= 11 is 0. The SMILES string of the molecule is O=C1CN(C(=O)[C@@H]2C[C@@H]2C(=O)O)c2ccccc2N1. The third kappa shape index (κ3) is 1.95. The molecular weight excluding hydrogens is 248 g/mol. The monoisotopic (exact) mass is 260 g/mol. The van der Waals surface area contributed by atoms with Gasteiger partial charge in [-0.15, -0.1) is 0 Å². The van der Waals surface area contributed by atoms with E-state index in [1.165, 1.54) is 4.90 Å². The van der Waals surface area contributed by atoms with Crippen LogP contribution in [0.1, 0.15) is 6.42 Å². The van der Waals surface area contributed by atoms with Gasteiger partial charge in [0.15, 0.2) is 0 Å². The van der Waals surface area contributed by atoms with E-state index in [9.17, 15) is 14.4 Å². The van der Waals surface area contributed by atoms with Crippen LogP contribution in [0.5, 0.6) is 0 Å². The summed E-state index contributed by atoms with van der Waals surface area (Å²) in [5.74, 6) is -2.61. The van der Waals surface area contributed by atoms with Crippen LogP contribution in [0.25, 0.3) is 0 Å². The molecule has 0 aromatic heterocycles. The molecule has 2 amide bonds. The van der Waals surface area contributed by atoms with Crippen molar-refractivity contribution in [3.05, 3.63) is 24.3 Å². The lowest BCUT2D eigenvalue weighted by Crippen LogP contribution is -2.43. The Hall–Kier alpha value is -2.37. The molecule has 0 spiro atoms. The molecule has 0 radical (unpaired) electrons. The molecule has 1 aliphatic heterocycles. The molecule has 3 rings (SSSR count). The van der Waals surface area contributed by atoms with E-state index in [1.54, 1.807) is 24.3 Å². The van der Waals surface area contributed by atoms with Crippen molar-refractivity contribution in [1.29, 1.82) is 0 Å². The summed E-state index contributed by atoms with van der Waals surface area (Å²) in [4.78, 5) is 36.0. The zero-order valence-corrected chi connectivity index (χ0v) is 10.00. The Morgan fingerprint density at radius 2 is 2.00 bits per heavy atom.